The lowest BCUT2D eigenvalue weighted by Crippen LogP contribution is -2.40. The van der Waals surface area contributed by atoms with E-state index in [1.807, 2.05) is 7.11 Å². The Kier molecular flexibility index (Phi) is 3.34. The normalized spacial score (nSPS) is 31.6. The van der Waals surface area contributed by atoms with Crippen LogP contribution < -0.4 is 5.32 Å². The van der Waals surface area contributed by atoms with Crippen LogP contribution >= 0.6 is 0 Å². The maximum absolute atomic E-state index is 5.36. The molecule has 1 rings (SSSR count). The quantitative estimate of drug-likeness (QED) is 0.671. The molecule has 0 bridgehead atoms. The summed E-state index contributed by atoms with van der Waals surface area (Å²) >= 11 is 0. The minimum atomic E-state index is 0.456. The summed E-state index contributed by atoms with van der Waals surface area (Å²) in [7, 11) is 1.81. The Morgan fingerprint density at radius 2 is 2.09 bits per heavy atom. The third-order valence-electron chi connectivity index (χ3n) is 2.30. The van der Waals surface area contributed by atoms with Gasteiger partial charge >= 0.3 is 0 Å². The largest absolute Gasteiger partial charge is 0.380 e. The zero-order valence-electron chi connectivity index (χ0n) is 7.76. The van der Waals surface area contributed by atoms with Gasteiger partial charge < -0.3 is 10.1 Å². The predicted octanol–water partition coefficient (Wildman–Crippen LogP) is 1.55. The molecule has 1 aliphatic rings. The van der Waals surface area contributed by atoms with Gasteiger partial charge in [0.2, 0.25) is 0 Å². The summed E-state index contributed by atoms with van der Waals surface area (Å²) < 4.78 is 5.36. The highest BCUT2D eigenvalue weighted by Crippen LogP contribution is 2.21. The number of ether oxygens (including phenoxy) is 1. The Bertz CT molecular complexity index is 114. The van der Waals surface area contributed by atoms with Gasteiger partial charge in [0, 0.05) is 19.2 Å². The predicted molar refractivity (Wildman–Crippen MR) is 46.7 cm³/mol. The molecule has 1 fully saturated rings. The summed E-state index contributed by atoms with van der Waals surface area (Å²) in [6.45, 7) is 4.37. The summed E-state index contributed by atoms with van der Waals surface area (Å²) in [6, 6.07) is 1.18. The molecule has 0 saturated heterocycles. The summed E-state index contributed by atoms with van der Waals surface area (Å²) in [5.41, 5.74) is 0. The van der Waals surface area contributed by atoms with Crippen molar-refractivity contribution in [2.75, 3.05) is 7.11 Å². The first-order valence-electron chi connectivity index (χ1n) is 4.53. The first kappa shape index (κ1) is 9.01. The van der Waals surface area contributed by atoms with E-state index in [1.54, 1.807) is 0 Å². The van der Waals surface area contributed by atoms with E-state index in [2.05, 4.69) is 19.2 Å². The molecule has 1 aliphatic carbocycles. The van der Waals surface area contributed by atoms with Crippen LogP contribution in [0.2, 0.25) is 0 Å². The van der Waals surface area contributed by atoms with Crippen LogP contribution in [-0.4, -0.2) is 25.3 Å². The molecule has 0 heterocycles. The monoisotopic (exact) mass is 157 g/mol. The van der Waals surface area contributed by atoms with E-state index in [0.29, 0.717) is 18.2 Å². The first-order valence-corrected chi connectivity index (χ1v) is 4.53. The molecule has 0 aromatic rings. The Morgan fingerprint density at radius 1 is 1.36 bits per heavy atom. The summed E-state index contributed by atoms with van der Waals surface area (Å²) in [4.78, 5) is 0. The average molecular weight is 157 g/mol. The third-order valence-corrected chi connectivity index (χ3v) is 2.30. The molecule has 2 heteroatoms. The van der Waals surface area contributed by atoms with Gasteiger partial charge in [0.15, 0.2) is 0 Å². The molecule has 1 N–H and O–H groups in total. The van der Waals surface area contributed by atoms with Gasteiger partial charge in [-0.2, -0.15) is 0 Å². The zero-order valence-corrected chi connectivity index (χ0v) is 7.76. The van der Waals surface area contributed by atoms with Gasteiger partial charge in [-0.05, 0) is 19.3 Å². The molecule has 0 aromatic carbocycles. The van der Waals surface area contributed by atoms with Gasteiger partial charge in [0.25, 0.3) is 0 Å². The fourth-order valence-corrected chi connectivity index (χ4v) is 1.83. The fourth-order valence-electron chi connectivity index (χ4n) is 1.83. The summed E-state index contributed by atoms with van der Waals surface area (Å²) in [5, 5.41) is 3.52. The molecule has 0 radical (unpaired) electrons. The molecule has 66 valence electrons. The molecule has 11 heavy (non-hydrogen) atoms. The molecule has 2 atom stereocenters. The lowest BCUT2D eigenvalue weighted by Gasteiger charge is -2.21. The standard InChI is InChI=1S/C9H19NO/c1-7(2)10-8-5-4-6-9(8)11-3/h7-10H,4-6H2,1-3H3/t8-,9-/m1/s1. The van der Waals surface area contributed by atoms with E-state index in [-0.39, 0.29) is 0 Å². The molecular formula is C9H19NO. The molecule has 0 amide bonds. The Balaban J connectivity index is 2.31. The second kappa shape index (κ2) is 4.07. The SMILES string of the molecule is CO[C@@H]1CCC[C@H]1NC(C)C. The van der Waals surface area contributed by atoms with E-state index >= 15 is 0 Å². The van der Waals surface area contributed by atoms with Crippen molar-refractivity contribution in [3.8, 4) is 0 Å². The second-order valence-electron chi connectivity index (χ2n) is 3.63. The van der Waals surface area contributed by atoms with Gasteiger partial charge in [-0.1, -0.05) is 13.8 Å². The van der Waals surface area contributed by atoms with Crippen LogP contribution in [-0.2, 0) is 4.74 Å². The van der Waals surface area contributed by atoms with E-state index in [9.17, 15) is 0 Å². The van der Waals surface area contributed by atoms with Crippen molar-refractivity contribution in [1.82, 2.24) is 5.32 Å². The lowest BCUT2D eigenvalue weighted by molar-refractivity contribution is 0.0827. The van der Waals surface area contributed by atoms with Gasteiger partial charge in [-0.3, -0.25) is 0 Å². The number of hydrogen-bond acceptors (Lipinski definition) is 2. The highest BCUT2D eigenvalue weighted by Gasteiger charge is 2.26. The Morgan fingerprint density at radius 3 is 2.64 bits per heavy atom. The van der Waals surface area contributed by atoms with Crippen LogP contribution in [0.4, 0.5) is 0 Å². The minimum Gasteiger partial charge on any atom is -0.380 e. The molecule has 1 saturated carbocycles. The van der Waals surface area contributed by atoms with Crippen LogP contribution in [0, 0.1) is 0 Å². The maximum atomic E-state index is 5.36. The second-order valence-corrected chi connectivity index (χ2v) is 3.63. The highest BCUT2D eigenvalue weighted by atomic mass is 16.5. The van der Waals surface area contributed by atoms with Crippen molar-refractivity contribution in [1.29, 1.82) is 0 Å². The minimum absolute atomic E-state index is 0.456. The number of nitrogens with one attached hydrogen (secondary N) is 1. The van der Waals surface area contributed by atoms with Crippen molar-refractivity contribution in [3.05, 3.63) is 0 Å². The van der Waals surface area contributed by atoms with Crippen molar-refractivity contribution in [2.45, 2.75) is 51.3 Å². The van der Waals surface area contributed by atoms with Gasteiger partial charge in [0.1, 0.15) is 0 Å². The highest BCUT2D eigenvalue weighted by molar-refractivity contribution is 4.84. The first-order chi connectivity index (χ1) is 5.24. The molecule has 0 aromatic heterocycles. The Labute approximate surface area is 69.3 Å². The molecule has 2 nitrogen and oxygen atoms in total. The zero-order chi connectivity index (χ0) is 8.27. The summed E-state index contributed by atoms with van der Waals surface area (Å²) in [5.74, 6) is 0. The van der Waals surface area contributed by atoms with Gasteiger partial charge in [0.05, 0.1) is 6.10 Å². The van der Waals surface area contributed by atoms with Crippen LogP contribution in [0.5, 0.6) is 0 Å². The number of methoxy groups -OCH3 is 1. The Hall–Kier alpha value is -0.0800. The third kappa shape index (κ3) is 2.46. The molecular weight excluding hydrogens is 138 g/mol. The van der Waals surface area contributed by atoms with E-state index in [1.165, 1.54) is 19.3 Å². The van der Waals surface area contributed by atoms with Gasteiger partial charge in [-0.15, -0.1) is 0 Å². The van der Waals surface area contributed by atoms with Crippen molar-refractivity contribution >= 4 is 0 Å². The molecule has 0 unspecified atom stereocenters. The van der Waals surface area contributed by atoms with Crippen LogP contribution in [0.1, 0.15) is 33.1 Å². The van der Waals surface area contributed by atoms with E-state index in [4.69, 9.17) is 4.74 Å². The van der Waals surface area contributed by atoms with E-state index in [0.717, 1.165) is 0 Å². The van der Waals surface area contributed by atoms with Crippen LogP contribution in [0.15, 0.2) is 0 Å². The maximum Gasteiger partial charge on any atom is 0.0724 e. The van der Waals surface area contributed by atoms with Crippen molar-refractivity contribution in [3.63, 3.8) is 0 Å². The average Bonchev–Trinajstić information content (AvgIpc) is 2.34. The fraction of sp³-hybridized carbons (Fsp3) is 1.00. The summed E-state index contributed by atoms with van der Waals surface area (Å²) in [6.07, 6.45) is 4.26. The molecule has 0 spiro atoms. The van der Waals surface area contributed by atoms with Crippen molar-refractivity contribution < 1.29 is 4.74 Å². The van der Waals surface area contributed by atoms with E-state index < -0.39 is 0 Å². The lowest BCUT2D eigenvalue weighted by atomic mass is 10.2. The van der Waals surface area contributed by atoms with Crippen LogP contribution in [0.25, 0.3) is 0 Å². The van der Waals surface area contributed by atoms with Crippen molar-refractivity contribution in [2.24, 2.45) is 0 Å². The topological polar surface area (TPSA) is 21.3 Å². The number of rotatable bonds is 3. The van der Waals surface area contributed by atoms with Gasteiger partial charge in [-0.25, -0.2) is 0 Å². The van der Waals surface area contributed by atoms with Crippen LogP contribution in [0.3, 0.4) is 0 Å². The number of hydrogen-bond donors (Lipinski definition) is 1. The smallest absolute Gasteiger partial charge is 0.0724 e. The molecule has 0 aliphatic heterocycles.